The van der Waals surface area contributed by atoms with Crippen molar-refractivity contribution in [3.8, 4) is 0 Å². The summed E-state index contributed by atoms with van der Waals surface area (Å²) >= 11 is 1.59. The Bertz CT molecular complexity index is 241. The fourth-order valence-electron chi connectivity index (χ4n) is 1.82. The van der Waals surface area contributed by atoms with Gasteiger partial charge in [-0.1, -0.05) is 31.0 Å². The second kappa shape index (κ2) is 4.13. The maximum Gasteiger partial charge on any atom is 0.161 e. The zero-order chi connectivity index (χ0) is 9.10. The van der Waals surface area contributed by atoms with E-state index in [4.69, 9.17) is 5.73 Å². The predicted molar refractivity (Wildman–Crippen MR) is 58.4 cm³/mol. The number of hydrogen-bond donors (Lipinski definition) is 1. The third kappa shape index (κ3) is 2.46. The summed E-state index contributed by atoms with van der Waals surface area (Å²) < 4.78 is 0. The molecule has 0 aromatic carbocycles. The van der Waals surface area contributed by atoms with Gasteiger partial charge in [0.15, 0.2) is 5.17 Å². The summed E-state index contributed by atoms with van der Waals surface area (Å²) in [4.78, 5) is 8.80. The van der Waals surface area contributed by atoms with Crippen LogP contribution in [0, 0.1) is 0 Å². The molecule has 0 aromatic heterocycles. The van der Waals surface area contributed by atoms with Gasteiger partial charge < -0.3 is 5.73 Å². The van der Waals surface area contributed by atoms with E-state index in [0.29, 0.717) is 11.2 Å². The van der Waals surface area contributed by atoms with Gasteiger partial charge in [-0.3, -0.25) is 4.99 Å². The molecule has 0 unspecified atom stereocenters. The van der Waals surface area contributed by atoms with E-state index in [1.165, 1.54) is 32.1 Å². The van der Waals surface area contributed by atoms with Crippen LogP contribution in [0.15, 0.2) is 9.98 Å². The van der Waals surface area contributed by atoms with Crippen LogP contribution in [0.1, 0.15) is 32.1 Å². The van der Waals surface area contributed by atoms with Gasteiger partial charge in [0.2, 0.25) is 0 Å². The van der Waals surface area contributed by atoms with Gasteiger partial charge in [-0.25, -0.2) is 4.99 Å². The number of nitrogens with two attached hydrogens (primary N) is 1. The van der Waals surface area contributed by atoms with E-state index in [0.717, 1.165) is 11.6 Å². The number of amidine groups is 2. The second-order valence-corrected chi connectivity index (χ2v) is 4.57. The molecular weight excluding hydrogens is 182 g/mol. The standard InChI is InChI=1S/C9H15N3S/c10-9-12-8(6-13-9)11-7-4-2-1-3-5-7/h7H,1-6H2,(H2,10,11,12). The molecule has 0 radical (unpaired) electrons. The van der Waals surface area contributed by atoms with Crippen molar-refractivity contribution in [3.05, 3.63) is 0 Å². The highest BCUT2D eigenvalue weighted by Gasteiger charge is 2.15. The van der Waals surface area contributed by atoms with Crippen LogP contribution in [0.2, 0.25) is 0 Å². The number of nitrogens with zero attached hydrogens (tertiary/aromatic N) is 2. The van der Waals surface area contributed by atoms with Crippen molar-refractivity contribution in [2.24, 2.45) is 15.7 Å². The van der Waals surface area contributed by atoms with Crippen molar-refractivity contribution in [1.82, 2.24) is 0 Å². The van der Waals surface area contributed by atoms with E-state index in [2.05, 4.69) is 9.98 Å². The summed E-state index contributed by atoms with van der Waals surface area (Å²) in [5, 5.41) is 0.676. The summed E-state index contributed by atoms with van der Waals surface area (Å²) in [6.45, 7) is 0. The molecule has 4 heteroatoms. The number of thioether (sulfide) groups is 1. The molecule has 1 saturated carbocycles. The molecule has 2 aliphatic rings. The zero-order valence-corrected chi connectivity index (χ0v) is 8.52. The van der Waals surface area contributed by atoms with Crippen LogP contribution in [-0.2, 0) is 0 Å². The molecule has 1 heterocycles. The minimum atomic E-state index is 0.527. The van der Waals surface area contributed by atoms with E-state index >= 15 is 0 Å². The summed E-state index contributed by atoms with van der Waals surface area (Å²) in [5.41, 5.74) is 5.56. The Morgan fingerprint density at radius 1 is 1.31 bits per heavy atom. The highest BCUT2D eigenvalue weighted by molar-refractivity contribution is 8.14. The van der Waals surface area contributed by atoms with E-state index in [1.807, 2.05) is 0 Å². The van der Waals surface area contributed by atoms with Gasteiger partial charge in [0.05, 0.1) is 11.8 Å². The fourth-order valence-corrected chi connectivity index (χ4v) is 2.40. The van der Waals surface area contributed by atoms with Crippen LogP contribution in [0.3, 0.4) is 0 Å². The minimum absolute atomic E-state index is 0.527. The molecular formula is C9H15N3S. The molecule has 1 fully saturated rings. The van der Waals surface area contributed by atoms with Crippen LogP contribution >= 0.6 is 11.8 Å². The van der Waals surface area contributed by atoms with Crippen molar-refractivity contribution in [2.45, 2.75) is 38.1 Å². The first-order valence-electron chi connectivity index (χ1n) is 4.88. The van der Waals surface area contributed by atoms with Gasteiger partial charge in [0.1, 0.15) is 5.84 Å². The molecule has 0 saturated heterocycles. The van der Waals surface area contributed by atoms with E-state index < -0.39 is 0 Å². The van der Waals surface area contributed by atoms with Crippen molar-refractivity contribution >= 4 is 22.8 Å². The van der Waals surface area contributed by atoms with Crippen LogP contribution in [0.25, 0.3) is 0 Å². The van der Waals surface area contributed by atoms with Gasteiger partial charge in [-0.05, 0) is 12.8 Å². The lowest BCUT2D eigenvalue weighted by Gasteiger charge is -2.17. The summed E-state index contributed by atoms with van der Waals surface area (Å²) in [6, 6.07) is 0.527. The molecule has 1 aliphatic heterocycles. The average molecular weight is 197 g/mol. The van der Waals surface area contributed by atoms with Crippen LogP contribution in [-0.4, -0.2) is 22.8 Å². The predicted octanol–water partition coefficient (Wildman–Crippen LogP) is 1.78. The Hall–Kier alpha value is -0.510. The zero-order valence-electron chi connectivity index (χ0n) is 7.70. The fraction of sp³-hybridized carbons (Fsp3) is 0.778. The van der Waals surface area contributed by atoms with E-state index in [9.17, 15) is 0 Å². The molecule has 2 N–H and O–H groups in total. The molecule has 2 rings (SSSR count). The topological polar surface area (TPSA) is 50.7 Å². The third-order valence-electron chi connectivity index (χ3n) is 2.49. The molecule has 0 bridgehead atoms. The molecule has 0 amide bonds. The molecule has 13 heavy (non-hydrogen) atoms. The number of aliphatic imine (C=N–C) groups is 2. The average Bonchev–Trinajstić information content (AvgIpc) is 2.53. The highest BCUT2D eigenvalue weighted by atomic mass is 32.2. The van der Waals surface area contributed by atoms with Crippen molar-refractivity contribution in [1.29, 1.82) is 0 Å². The van der Waals surface area contributed by atoms with E-state index in [-0.39, 0.29) is 0 Å². The van der Waals surface area contributed by atoms with Gasteiger partial charge in [-0.2, -0.15) is 0 Å². The monoisotopic (exact) mass is 197 g/mol. The van der Waals surface area contributed by atoms with Crippen LogP contribution in [0.5, 0.6) is 0 Å². The largest absolute Gasteiger partial charge is 0.378 e. The van der Waals surface area contributed by atoms with Gasteiger partial charge in [-0.15, -0.1) is 0 Å². The Morgan fingerprint density at radius 2 is 2.08 bits per heavy atom. The Balaban J connectivity index is 1.94. The van der Waals surface area contributed by atoms with E-state index in [1.54, 1.807) is 11.8 Å². The van der Waals surface area contributed by atoms with Gasteiger partial charge in [0.25, 0.3) is 0 Å². The lowest BCUT2D eigenvalue weighted by Crippen LogP contribution is -2.12. The van der Waals surface area contributed by atoms with Crippen molar-refractivity contribution in [3.63, 3.8) is 0 Å². The van der Waals surface area contributed by atoms with Crippen LogP contribution in [0.4, 0.5) is 0 Å². The lowest BCUT2D eigenvalue weighted by atomic mass is 9.96. The Labute approximate surface area is 82.9 Å². The summed E-state index contributed by atoms with van der Waals surface area (Å²) in [7, 11) is 0. The molecule has 3 nitrogen and oxygen atoms in total. The normalized spacial score (nSPS) is 28.0. The smallest absolute Gasteiger partial charge is 0.161 e. The molecule has 0 aromatic rings. The maximum absolute atomic E-state index is 5.56. The molecule has 0 atom stereocenters. The Morgan fingerprint density at radius 3 is 2.69 bits per heavy atom. The number of rotatable bonds is 1. The maximum atomic E-state index is 5.56. The molecule has 0 spiro atoms. The van der Waals surface area contributed by atoms with Gasteiger partial charge in [0, 0.05) is 0 Å². The Kier molecular flexibility index (Phi) is 2.88. The molecule has 72 valence electrons. The second-order valence-electron chi connectivity index (χ2n) is 3.58. The first kappa shape index (κ1) is 9.06. The summed E-state index contributed by atoms with van der Waals surface area (Å²) in [5.74, 6) is 1.83. The third-order valence-corrected chi connectivity index (χ3v) is 3.28. The first-order valence-corrected chi connectivity index (χ1v) is 5.87. The first-order chi connectivity index (χ1) is 6.34. The summed E-state index contributed by atoms with van der Waals surface area (Å²) in [6.07, 6.45) is 6.51. The highest BCUT2D eigenvalue weighted by Crippen LogP contribution is 2.21. The van der Waals surface area contributed by atoms with Crippen LogP contribution < -0.4 is 5.73 Å². The molecule has 1 aliphatic carbocycles. The van der Waals surface area contributed by atoms with Gasteiger partial charge >= 0.3 is 0 Å². The van der Waals surface area contributed by atoms with Crippen molar-refractivity contribution < 1.29 is 0 Å². The quantitative estimate of drug-likeness (QED) is 0.696. The lowest BCUT2D eigenvalue weighted by molar-refractivity contribution is 0.443. The minimum Gasteiger partial charge on any atom is -0.378 e. The number of hydrogen-bond acceptors (Lipinski definition) is 3. The SMILES string of the molecule is NC1=NC(=NC2CCCCC2)CS1. The van der Waals surface area contributed by atoms with Crippen molar-refractivity contribution in [2.75, 3.05) is 5.75 Å².